The first-order chi connectivity index (χ1) is 17.9. The number of Topliss-reactive ketones (excluding diaryl/α,β-unsaturated/α-hetero) is 1. The number of methoxy groups -OCH3 is 2. The van der Waals surface area contributed by atoms with E-state index in [1.165, 1.54) is 41.8 Å². The number of ketones is 1. The zero-order valence-corrected chi connectivity index (χ0v) is 22.1. The number of rotatable bonds is 8. The number of thiophene rings is 1. The molecule has 4 aromatic rings. The van der Waals surface area contributed by atoms with Gasteiger partial charge >= 0.3 is 0 Å². The molecular weight excluding hydrogens is 508 g/mol. The smallest absolute Gasteiger partial charge is 0.290 e. The summed E-state index contributed by atoms with van der Waals surface area (Å²) in [5.74, 6) is -0.763. The normalized spacial score (nSPS) is 15.4. The van der Waals surface area contributed by atoms with Gasteiger partial charge in [0.2, 0.25) is 5.78 Å². The van der Waals surface area contributed by atoms with Gasteiger partial charge in [-0.05, 0) is 24.4 Å². The van der Waals surface area contributed by atoms with Crippen molar-refractivity contribution in [2.45, 2.75) is 19.5 Å². The van der Waals surface area contributed by atoms with E-state index < -0.39 is 23.5 Å². The molecule has 1 amide bonds. The standard InChI is InChI=1S/C28H24N2O5S2/c1-16-26(37-27(29-16)17-9-5-4-6-10-17)23(31)21-22(19-12-7-13-20(34-2)25(19)35-3)30(28(33)24(21)32)15-18-11-8-14-36-18/h4-14,22,32H,15H2,1-3H3. The predicted octanol–water partition coefficient (Wildman–Crippen LogP) is 5.98. The van der Waals surface area contributed by atoms with Gasteiger partial charge in [0.1, 0.15) is 5.01 Å². The maximum Gasteiger partial charge on any atom is 0.290 e. The summed E-state index contributed by atoms with van der Waals surface area (Å²) < 4.78 is 11.2. The minimum Gasteiger partial charge on any atom is -0.503 e. The highest BCUT2D eigenvalue weighted by molar-refractivity contribution is 7.17. The third-order valence-corrected chi connectivity index (χ3v) is 8.27. The molecule has 0 spiro atoms. The molecule has 188 valence electrons. The highest BCUT2D eigenvalue weighted by Crippen LogP contribution is 2.46. The number of aromatic nitrogens is 1. The van der Waals surface area contributed by atoms with E-state index in [0.717, 1.165) is 10.4 Å². The Balaban J connectivity index is 1.64. The molecule has 0 radical (unpaired) electrons. The molecule has 1 atom stereocenters. The molecule has 1 N–H and O–H groups in total. The Labute approximate surface area is 222 Å². The third kappa shape index (κ3) is 4.41. The predicted molar refractivity (Wildman–Crippen MR) is 143 cm³/mol. The van der Waals surface area contributed by atoms with Gasteiger partial charge in [-0.1, -0.05) is 48.5 Å². The second-order valence-electron chi connectivity index (χ2n) is 8.39. The first kappa shape index (κ1) is 24.7. The first-order valence-corrected chi connectivity index (χ1v) is 13.2. The topological polar surface area (TPSA) is 89.0 Å². The lowest BCUT2D eigenvalue weighted by Crippen LogP contribution is -2.30. The van der Waals surface area contributed by atoms with Crippen LogP contribution in [0.25, 0.3) is 10.6 Å². The van der Waals surface area contributed by atoms with Crippen molar-refractivity contribution in [2.75, 3.05) is 14.2 Å². The van der Waals surface area contributed by atoms with Crippen molar-refractivity contribution in [3.05, 3.63) is 98.4 Å². The number of aliphatic hydroxyl groups excluding tert-OH is 1. The van der Waals surface area contributed by atoms with E-state index in [0.29, 0.717) is 32.6 Å². The number of hydrogen-bond acceptors (Lipinski definition) is 8. The summed E-state index contributed by atoms with van der Waals surface area (Å²) >= 11 is 2.74. The average molecular weight is 533 g/mol. The molecule has 9 heteroatoms. The van der Waals surface area contributed by atoms with Crippen LogP contribution in [0.4, 0.5) is 0 Å². The minimum atomic E-state index is -0.881. The molecule has 37 heavy (non-hydrogen) atoms. The van der Waals surface area contributed by atoms with Crippen LogP contribution >= 0.6 is 22.7 Å². The number of hydrogen-bond donors (Lipinski definition) is 1. The van der Waals surface area contributed by atoms with Crippen LogP contribution in [0, 0.1) is 6.92 Å². The Morgan fingerprint density at radius 3 is 2.51 bits per heavy atom. The Kier molecular flexibility index (Phi) is 6.82. The van der Waals surface area contributed by atoms with Crippen LogP contribution in [0.5, 0.6) is 11.5 Å². The second-order valence-corrected chi connectivity index (χ2v) is 10.4. The van der Waals surface area contributed by atoms with Gasteiger partial charge in [-0.25, -0.2) is 4.98 Å². The molecule has 2 aromatic carbocycles. The SMILES string of the molecule is COc1cccc(C2C(C(=O)c3sc(-c4ccccc4)nc3C)=C(O)C(=O)N2Cc2cccs2)c1OC. The molecule has 0 fully saturated rings. The van der Waals surface area contributed by atoms with Crippen molar-refractivity contribution in [3.8, 4) is 22.1 Å². The number of amides is 1. The van der Waals surface area contributed by atoms with Crippen molar-refractivity contribution in [2.24, 2.45) is 0 Å². The summed E-state index contributed by atoms with van der Waals surface area (Å²) in [7, 11) is 3.03. The summed E-state index contributed by atoms with van der Waals surface area (Å²) in [6.07, 6.45) is 0. The van der Waals surface area contributed by atoms with Gasteiger partial charge in [-0.15, -0.1) is 22.7 Å². The van der Waals surface area contributed by atoms with Gasteiger partial charge in [-0.3, -0.25) is 9.59 Å². The largest absolute Gasteiger partial charge is 0.503 e. The quantitative estimate of drug-likeness (QED) is 0.281. The average Bonchev–Trinajstić information content (AvgIpc) is 3.64. The molecule has 0 aliphatic carbocycles. The molecule has 3 heterocycles. The van der Waals surface area contributed by atoms with E-state index in [2.05, 4.69) is 4.98 Å². The van der Waals surface area contributed by atoms with Crippen molar-refractivity contribution < 1.29 is 24.2 Å². The van der Waals surface area contributed by atoms with Crippen LogP contribution in [0.1, 0.15) is 31.8 Å². The van der Waals surface area contributed by atoms with Gasteiger partial charge in [0.05, 0.1) is 43.0 Å². The fraction of sp³-hybridized carbons (Fsp3) is 0.179. The maximum absolute atomic E-state index is 14.1. The summed E-state index contributed by atoms with van der Waals surface area (Å²) in [4.78, 5) is 34.9. The van der Waals surface area contributed by atoms with E-state index in [1.807, 2.05) is 47.8 Å². The van der Waals surface area contributed by atoms with Gasteiger partial charge in [0.25, 0.3) is 5.91 Å². The van der Waals surface area contributed by atoms with Gasteiger partial charge in [-0.2, -0.15) is 0 Å². The van der Waals surface area contributed by atoms with Crippen molar-refractivity contribution in [1.29, 1.82) is 0 Å². The van der Waals surface area contributed by atoms with E-state index in [9.17, 15) is 14.7 Å². The van der Waals surface area contributed by atoms with E-state index >= 15 is 0 Å². The molecule has 0 saturated carbocycles. The molecule has 1 unspecified atom stereocenters. The lowest BCUT2D eigenvalue weighted by Gasteiger charge is -2.28. The summed E-state index contributed by atoms with van der Waals surface area (Å²) in [5.41, 5.74) is 1.97. The Morgan fingerprint density at radius 2 is 1.84 bits per heavy atom. The number of para-hydroxylation sites is 1. The number of aliphatic hydroxyl groups is 1. The fourth-order valence-electron chi connectivity index (χ4n) is 4.50. The van der Waals surface area contributed by atoms with Crippen LogP contribution in [0.15, 0.2) is 77.4 Å². The number of benzene rings is 2. The zero-order chi connectivity index (χ0) is 26.1. The Morgan fingerprint density at radius 1 is 1.05 bits per heavy atom. The molecule has 1 aliphatic heterocycles. The third-order valence-electron chi connectivity index (χ3n) is 6.21. The second kappa shape index (κ2) is 10.2. The molecule has 2 aromatic heterocycles. The van der Waals surface area contributed by atoms with Crippen molar-refractivity contribution >= 4 is 34.4 Å². The molecule has 0 saturated heterocycles. The number of thiazole rings is 1. The van der Waals surface area contributed by atoms with Gasteiger partial charge in [0.15, 0.2) is 17.3 Å². The molecule has 0 bridgehead atoms. The van der Waals surface area contributed by atoms with Crippen molar-refractivity contribution in [1.82, 2.24) is 9.88 Å². The van der Waals surface area contributed by atoms with Crippen LogP contribution in [-0.2, 0) is 11.3 Å². The minimum absolute atomic E-state index is 0.000490. The van der Waals surface area contributed by atoms with Crippen LogP contribution < -0.4 is 9.47 Å². The Bertz CT molecular complexity index is 1490. The van der Waals surface area contributed by atoms with Crippen molar-refractivity contribution in [3.63, 3.8) is 0 Å². The van der Waals surface area contributed by atoms with Crippen LogP contribution in [0.3, 0.4) is 0 Å². The number of nitrogens with zero attached hydrogens (tertiary/aromatic N) is 2. The molecule has 5 rings (SSSR count). The van der Waals surface area contributed by atoms with E-state index in [4.69, 9.17) is 9.47 Å². The van der Waals surface area contributed by atoms with Crippen LogP contribution in [-0.4, -0.2) is 40.9 Å². The number of aryl methyl sites for hydroxylation is 1. The first-order valence-electron chi connectivity index (χ1n) is 11.5. The lowest BCUT2D eigenvalue weighted by molar-refractivity contribution is -0.130. The number of carbonyl (C=O) groups is 2. The molecule has 1 aliphatic rings. The monoisotopic (exact) mass is 532 g/mol. The maximum atomic E-state index is 14.1. The number of carbonyl (C=O) groups excluding carboxylic acids is 2. The summed E-state index contributed by atoms with van der Waals surface area (Å²) in [5, 5.41) is 13.7. The van der Waals surface area contributed by atoms with Crippen LogP contribution in [0.2, 0.25) is 0 Å². The van der Waals surface area contributed by atoms with E-state index in [-0.39, 0.29) is 12.1 Å². The highest BCUT2D eigenvalue weighted by Gasteiger charge is 2.46. The lowest BCUT2D eigenvalue weighted by atomic mass is 9.94. The zero-order valence-electron chi connectivity index (χ0n) is 20.4. The number of ether oxygens (including phenoxy) is 2. The Hall–Kier alpha value is -3.95. The fourth-order valence-corrected chi connectivity index (χ4v) is 6.23. The molecular formula is C28H24N2O5S2. The summed E-state index contributed by atoms with van der Waals surface area (Å²) in [6.45, 7) is 1.98. The van der Waals surface area contributed by atoms with Gasteiger partial charge in [0, 0.05) is 16.0 Å². The summed E-state index contributed by atoms with van der Waals surface area (Å²) in [6, 6.07) is 17.8. The highest BCUT2D eigenvalue weighted by atomic mass is 32.1. The van der Waals surface area contributed by atoms with Gasteiger partial charge < -0.3 is 19.5 Å². The van der Waals surface area contributed by atoms with E-state index in [1.54, 1.807) is 25.1 Å². The molecule has 7 nitrogen and oxygen atoms in total.